The fourth-order valence-corrected chi connectivity index (χ4v) is 6.66. The molecular formula is C33H52N8O2. The Balaban J connectivity index is 1.69. The fourth-order valence-electron chi connectivity index (χ4n) is 6.66. The lowest BCUT2D eigenvalue weighted by molar-refractivity contribution is -0.134. The van der Waals surface area contributed by atoms with Gasteiger partial charge < -0.3 is 15.1 Å². The number of carbonyl (C=O) groups is 2. The highest BCUT2D eigenvalue weighted by atomic mass is 16.2. The monoisotopic (exact) mass is 592 g/mol. The molecule has 0 bridgehead atoms. The molecule has 2 aliphatic rings. The Bertz CT molecular complexity index is 1260. The van der Waals surface area contributed by atoms with Crippen LogP contribution in [-0.4, -0.2) is 66.3 Å². The zero-order valence-electron chi connectivity index (χ0n) is 27.7. The number of hydrogen-bond acceptors (Lipinski definition) is 7. The molecule has 0 radical (unpaired) electrons. The van der Waals surface area contributed by atoms with E-state index in [1.54, 1.807) is 0 Å². The molecule has 0 saturated heterocycles. The van der Waals surface area contributed by atoms with Gasteiger partial charge >= 0.3 is 0 Å². The van der Waals surface area contributed by atoms with Crippen LogP contribution in [-0.2, 0) is 11.3 Å². The second kappa shape index (κ2) is 12.7. The number of aromatic amines is 1. The van der Waals surface area contributed by atoms with Crippen LogP contribution in [0.25, 0.3) is 0 Å². The number of rotatable bonds is 9. The maximum absolute atomic E-state index is 14.5. The molecule has 1 atom stereocenters. The van der Waals surface area contributed by atoms with Crippen LogP contribution in [0.3, 0.4) is 0 Å². The van der Waals surface area contributed by atoms with Crippen molar-refractivity contribution < 1.29 is 9.59 Å². The number of tetrazole rings is 1. The molecule has 2 heterocycles. The minimum absolute atomic E-state index is 0.0330. The number of amides is 2. The predicted octanol–water partition coefficient (Wildman–Crippen LogP) is 5.90. The Morgan fingerprint density at radius 1 is 1.12 bits per heavy atom. The zero-order valence-corrected chi connectivity index (χ0v) is 27.7. The van der Waals surface area contributed by atoms with Crippen molar-refractivity contribution in [3.05, 3.63) is 41.2 Å². The van der Waals surface area contributed by atoms with Crippen LogP contribution < -0.4 is 5.32 Å². The molecule has 10 heteroatoms. The van der Waals surface area contributed by atoms with E-state index in [0.717, 1.165) is 50.6 Å². The third-order valence-electron chi connectivity index (χ3n) is 9.25. The van der Waals surface area contributed by atoms with Gasteiger partial charge in [-0.3, -0.25) is 9.59 Å². The molecule has 1 aliphatic heterocycles. The maximum atomic E-state index is 14.5. The Hall–Kier alpha value is -3.30. The Kier molecular flexibility index (Phi) is 9.66. The summed E-state index contributed by atoms with van der Waals surface area (Å²) in [6.45, 7) is 21.0. The minimum Gasteiger partial charge on any atom is -0.350 e. The van der Waals surface area contributed by atoms with E-state index in [0.29, 0.717) is 23.1 Å². The largest absolute Gasteiger partial charge is 0.350 e. The first-order valence-corrected chi connectivity index (χ1v) is 16.0. The SMILES string of the molecule is CCN(C1=NC2(CCC(C(C)(C)C)CC2)N([C@H](CCC(C)(C)C)c2ccc(C(=O)NCc3nn[nH]n3)cc2)C1=O)C(C)C. The van der Waals surface area contributed by atoms with Crippen LogP contribution >= 0.6 is 0 Å². The minimum atomic E-state index is -0.556. The quantitative estimate of drug-likeness (QED) is 0.374. The van der Waals surface area contributed by atoms with Crippen molar-refractivity contribution in [2.24, 2.45) is 21.7 Å². The molecule has 4 rings (SSSR count). The number of aliphatic imine (C=N–C) groups is 1. The Morgan fingerprint density at radius 3 is 2.28 bits per heavy atom. The lowest BCUT2D eigenvalue weighted by atomic mass is 9.69. The highest BCUT2D eigenvalue weighted by Crippen LogP contribution is 2.50. The van der Waals surface area contributed by atoms with Gasteiger partial charge in [-0.25, -0.2) is 4.99 Å². The van der Waals surface area contributed by atoms with Crippen molar-refractivity contribution in [1.29, 1.82) is 0 Å². The van der Waals surface area contributed by atoms with Crippen molar-refractivity contribution >= 4 is 17.6 Å². The Morgan fingerprint density at radius 2 is 1.77 bits per heavy atom. The molecule has 1 fully saturated rings. The Labute approximate surface area is 257 Å². The lowest BCUT2D eigenvalue weighted by Crippen LogP contribution is -2.52. The second-order valence-electron chi connectivity index (χ2n) is 14.9. The van der Waals surface area contributed by atoms with E-state index >= 15 is 0 Å². The molecule has 0 unspecified atom stereocenters. The zero-order chi connectivity index (χ0) is 31.6. The number of aromatic nitrogens is 4. The molecule has 43 heavy (non-hydrogen) atoms. The number of hydrogen-bond donors (Lipinski definition) is 2. The maximum Gasteiger partial charge on any atom is 0.291 e. The van der Waals surface area contributed by atoms with E-state index in [1.165, 1.54) is 0 Å². The highest BCUT2D eigenvalue weighted by Gasteiger charge is 2.53. The van der Waals surface area contributed by atoms with Gasteiger partial charge in [0.2, 0.25) is 0 Å². The van der Waals surface area contributed by atoms with Gasteiger partial charge in [0.1, 0.15) is 5.66 Å². The summed E-state index contributed by atoms with van der Waals surface area (Å²) >= 11 is 0. The van der Waals surface area contributed by atoms with Gasteiger partial charge in [0.05, 0.1) is 12.6 Å². The molecule has 2 aromatic rings. The van der Waals surface area contributed by atoms with E-state index in [2.05, 4.69) is 98.1 Å². The average molecular weight is 593 g/mol. The molecule has 1 aliphatic carbocycles. The fraction of sp³-hybridized carbons (Fsp3) is 0.697. The van der Waals surface area contributed by atoms with Crippen LogP contribution in [0, 0.1) is 16.7 Å². The smallest absolute Gasteiger partial charge is 0.291 e. The topological polar surface area (TPSA) is 119 Å². The van der Waals surface area contributed by atoms with Crippen molar-refractivity contribution in [3.63, 3.8) is 0 Å². The van der Waals surface area contributed by atoms with Gasteiger partial charge in [-0.2, -0.15) is 5.21 Å². The van der Waals surface area contributed by atoms with Crippen molar-refractivity contribution in [1.82, 2.24) is 35.7 Å². The summed E-state index contributed by atoms with van der Waals surface area (Å²) < 4.78 is 0. The van der Waals surface area contributed by atoms with Gasteiger partial charge in [0.15, 0.2) is 11.7 Å². The third kappa shape index (κ3) is 7.44. The number of carbonyl (C=O) groups excluding carboxylic acids is 2. The van der Waals surface area contributed by atoms with Crippen LogP contribution in [0.4, 0.5) is 0 Å². The van der Waals surface area contributed by atoms with E-state index in [-0.39, 0.29) is 41.3 Å². The number of likely N-dealkylation sites (N-methyl/N-ethyl adjacent to an activating group) is 1. The number of nitrogens with one attached hydrogen (secondary N) is 2. The van der Waals surface area contributed by atoms with E-state index in [4.69, 9.17) is 4.99 Å². The van der Waals surface area contributed by atoms with Crippen LogP contribution in [0.15, 0.2) is 29.3 Å². The summed E-state index contributed by atoms with van der Waals surface area (Å²) in [6, 6.07) is 7.74. The molecule has 2 amide bonds. The summed E-state index contributed by atoms with van der Waals surface area (Å²) in [5.74, 6) is 1.44. The summed E-state index contributed by atoms with van der Waals surface area (Å²) in [5, 5.41) is 16.6. The summed E-state index contributed by atoms with van der Waals surface area (Å²) in [4.78, 5) is 37.1. The molecule has 2 N–H and O–H groups in total. The van der Waals surface area contributed by atoms with Crippen molar-refractivity contribution in [3.8, 4) is 0 Å². The second-order valence-corrected chi connectivity index (χ2v) is 14.9. The summed E-state index contributed by atoms with van der Waals surface area (Å²) in [6.07, 6.45) is 5.59. The van der Waals surface area contributed by atoms with Crippen molar-refractivity contribution in [2.75, 3.05) is 6.54 Å². The van der Waals surface area contributed by atoms with Crippen LogP contribution in [0.2, 0.25) is 0 Å². The first-order valence-electron chi connectivity index (χ1n) is 16.0. The third-order valence-corrected chi connectivity index (χ3v) is 9.25. The van der Waals surface area contributed by atoms with Gasteiger partial charge in [-0.1, -0.05) is 58.9 Å². The highest BCUT2D eigenvalue weighted by molar-refractivity contribution is 6.39. The standard InChI is InChI=1S/C33H52N8O2/c1-10-40(22(2)3)28-30(43)41(33(35-28)19-15-25(16-20-33)32(7,8)9)26(17-18-31(4,5)6)23-11-13-24(14-12-23)29(42)34-21-27-36-38-39-37-27/h11-14,22,25-26H,10,15-21H2,1-9H3,(H,34,42)(H,36,37,38,39)/t25?,26-,33?/m1/s1. The van der Waals surface area contributed by atoms with E-state index in [1.807, 2.05) is 24.3 Å². The average Bonchev–Trinajstić information content (AvgIpc) is 3.55. The number of nitrogens with zero attached hydrogens (tertiary/aromatic N) is 6. The van der Waals surface area contributed by atoms with Gasteiger partial charge in [-0.05, 0) is 93.7 Å². The van der Waals surface area contributed by atoms with Crippen molar-refractivity contribution in [2.45, 2.75) is 125 Å². The van der Waals surface area contributed by atoms with Gasteiger partial charge in [0.25, 0.3) is 11.8 Å². The molecule has 1 spiro atoms. The normalized spacial score (nSPS) is 21.8. The molecule has 236 valence electrons. The van der Waals surface area contributed by atoms with E-state index < -0.39 is 5.66 Å². The molecule has 1 aromatic carbocycles. The molecular weight excluding hydrogens is 540 g/mol. The van der Waals surface area contributed by atoms with Gasteiger partial charge in [0, 0.05) is 18.2 Å². The first-order chi connectivity index (χ1) is 20.1. The van der Waals surface area contributed by atoms with Gasteiger partial charge in [-0.15, -0.1) is 10.2 Å². The summed E-state index contributed by atoms with van der Waals surface area (Å²) in [7, 11) is 0. The number of amidine groups is 1. The number of benzene rings is 1. The molecule has 10 nitrogen and oxygen atoms in total. The first kappa shape index (κ1) is 32.6. The summed E-state index contributed by atoms with van der Waals surface area (Å²) in [5.41, 5.74) is 1.35. The lowest BCUT2D eigenvalue weighted by Gasteiger charge is -2.47. The molecule has 1 aromatic heterocycles. The predicted molar refractivity (Wildman–Crippen MR) is 169 cm³/mol. The number of H-pyrrole nitrogens is 1. The van der Waals surface area contributed by atoms with Crippen LogP contribution in [0.5, 0.6) is 0 Å². The van der Waals surface area contributed by atoms with Crippen LogP contribution in [0.1, 0.15) is 129 Å². The molecule has 1 saturated carbocycles. The van der Waals surface area contributed by atoms with E-state index in [9.17, 15) is 9.59 Å².